The van der Waals surface area contributed by atoms with Gasteiger partial charge in [0.2, 0.25) is 0 Å². The number of phenolic OH excluding ortho intramolecular Hbond substituents is 1. The van der Waals surface area contributed by atoms with Crippen molar-refractivity contribution in [1.29, 1.82) is 0 Å². The number of aromatic hydroxyl groups is 1. The SMILES string of the molecule is Cc1cc(COCC2CO2)cc(C)c1O. The van der Waals surface area contributed by atoms with E-state index in [2.05, 4.69) is 0 Å². The highest BCUT2D eigenvalue weighted by molar-refractivity contribution is 5.41. The highest BCUT2D eigenvalue weighted by Gasteiger charge is 2.22. The van der Waals surface area contributed by atoms with Crippen molar-refractivity contribution in [2.24, 2.45) is 0 Å². The second-order valence-corrected chi connectivity index (χ2v) is 4.05. The second kappa shape index (κ2) is 4.21. The van der Waals surface area contributed by atoms with Crippen molar-refractivity contribution in [3.05, 3.63) is 28.8 Å². The molecule has 0 bridgehead atoms. The van der Waals surface area contributed by atoms with E-state index in [1.54, 1.807) is 0 Å². The number of epoxide rings is 1. The van der Waals surface area contributed by atoms with E-state index in [4.69, 9.17) is 9.47 Å². The van der Waals surface area contributed by atoms with Crippen LogP contribution in [0.2, 0.25) is 0 Å². The summed E-state index contributed by atoms with van der Waals surface area (Å²) in [7, 11) is 0. The molecule has 1 aliphatic heterocycles. The van der Waals surface area contributed by atoms with E-state index < -0.39 is 0 Å². The molecule has 0 aromatic heterocycles. The Bertz CT molecular complexity index is 333. The van der Waals surface area contributed by atoms with Gasteiger partial charge in [0, 0.05) is 0 Å². The zero-order chi connectivity index (χ0) is 10.8. The molecule has 1 unspecified atom stereocenters. The van der Waals surface area contributed by atoms with Gasteiger partial charge in [-0.25, -0.2) is 0 Å². The molecule has 1 atom stereocenters. The number of ether oxygens (including phenoxy) is 2. The molecule has 0 amide bonds. The van der Waals surface area contributed by atoms with E-state index in [0.29, 0.717) is 25.1 Å². The Morgan fingerprint density at radius 1 is 1.40 bits per heavy atom. The normalized spacial score (nSPS) is 19.2. The maximum Gasteiger partial charge on any atom is 0.121 e. The predicted octanol–water partition coefficient (Wildman–Crippen LogP) is 1.92. The lowest BCUT2D eigenvalue weighted by Gasteiger charge is -2.08. The van der Waals surface area contributed by atoms with Gasteiger partial charge in [-0.3, -0.25) is 0 Å². The minimum absolute atomic E-state index is 0.310. The van der Waals surface area contributed by atoms with Crippen LogP contribution in [-0.2, 0) is 16.1 Å². The van der Waals surface area contributed by atoms with Gasteiger partial charge in [-0.2, -0.15) is 0 Å². The van der Waals surface area contributed by atoms with Crippen LogP contribution in [0.4, 0.5) is 0 Å². The first-order valence-corrected chi connectivity index (χ1v) is 5.15. The Hall–Kier alpha value is -1.06. The molecule has 0 saturated carbocycles. The average Bonchev–Trinajstić information content (AvgIpc) is 2.98. The van der Waals surface area contributed by atoms with Crippen molar-refractivity contribution < 1.29 is 14.6 Å². The molecule has 1 aliphatic rings. The van der Waals surface area contributed by atoms with Gasteiger partial charge in [0.1, 0.15) is 11.9 Å². The van der Waals surface area contributed by atoms with Crippen molar-refractivity contribution >= 4 is 0 Å². The largest absolute Gasteiger partial charge is 0.507 e. The molecule has 1 heterocycles. The molecule has 0 spiro atoms. The minimum Gasteiger partial charge on any atom is -0.507 e. The summed E-state index contributed by atoms with van der Waals surface area (Å²) in [6.07, 6.45) is 0.310. The molecular weight excluding hydrogens is 192 g/mol. The highest BCUT2D eigenvalue weighted by Crippen LogP contribution is 2.23. The van der Waals surface area contributed by atoms with Gasteiger partial charge in [-0.1, -0.05) is 12.1 Å². The molecular formula is C12H16O3. The van der Waals surface area contributed by atoms with E-state index in [1.165, 1.54) is 0 Å². The summed E-state index contributed by atoms with van der Waals surface area (Å²) >= 11 is 0. The van der Waals surface area contributed by atoms with Crippen molar-refractivity contribution in [3.63, 3.8) is 0 Å². The fourth-order valence-electron chi connectivity index (χ4n) is 1.60. The monoisotopic (exact) mass is 208 g/mol. The summed E-state index contributed by atoms with van der Waals surface area (Å²) in [5, 5.41) is 9.59. The summed E-state index contributed by atoms with van der Waals surface area (Å²) in [5.74, 6) is 0.379. The molecule has 2 rings (SSSR count). The van der Waals surface area contributed by atoms with E-state index in [0.717, 1.165) is 23.3 Å². The lowest BCUT2D eigenvalue weighted by atomic mass is 10.1. The van der Waals surface area contributed by atoms with Crippen LogP contribution in [0.3, 0.4) is 0 Å². The van der Waals surface area contributed by atoms with Gasteiger partial charge in [0.25, 0.3) is 0 Å². The summed E-state index contributed by atoms with van der Waals surface area (Å²) < 4.78 is 10.5. The molecule has 3 heteroatoms. The number of hydrogen-bond donors (Lipinski definition) is 1. The Balaban J connectivity index is 1.94. The molecule has 82 valence electrons. The van der Waals surface area contributed by atoms with Gasteiger partial charge >= 0.3 is 0 Å². The maximum absolute atomic E-state index is 9.59. The maximum atomic E-state index is 9.59. The lowest BCUT2D eigenvalue weighted by Crippen LogP contribution is -2.01. The number of rotatable bonds is 4. The fourth-order valence-corrected chi connectivity index (χ4v) is 1.60. The van der Waals surface area contributed by atoms with Crippen LogP contribution < -0.4 is 0 Å². The first kappa shape index (κ1) is 10.5. The van der Waals surface area contributed by atoms with Crippen LogP contribution in [0.25, 0.3) is 0 Å². The average molecular weight is 208 g/mol. The third-order valence-corrected chi connectivity index (χ3v) is 2.53. The van der Waals surface area contributed by atoms with Crippen LogP contribution in [0, 0.1) is 13.8 Å². The Labute approximate surface area is 89.6 Å². The van der Waals surface area contributed by atoms with Crippen LogP contribution in [0.1, 0.15) is 16.7 Å². The number of benzene rings is 1. The van der Waals surface area contributed by atoms with E-state index in [-0.39, 0.29) is 0 Å². The summed E-state index contributed by atoms with van der Waals surface area (Å²) in [6.45, 7) is 5.88. The van der Waals surface area contributed by atoms with Crippen LogP contribution in [0.5, 0.6) is 5.75 Å². The topological polar surface area (TPSA) is 42.0 Å². The van der Waals surface area contributed by atoms with Gasteiger partial charge < -0.3 is 14.6 Å². The van der Waals surface area contributed by atoms with Crippen LogP contribution in [0.15, 0.2) is 12.1 Å². The van der Waals surface area contributed by atoms with Gasteiger partial charge in [-0.05, 0) is 30.5 Å². The predicted molar refractivity (Wildman–Crippen MR) is 57.0 cm³/mol. The zero-order valence-electron chi connectivity index (χ0n) is 9.12. The molecule has 1 aromatic rings. The lowest BCUT2D eigenvalue weighted by molar-refractivity contribution is 0.104. The summed E-state index contributed by atoms with van der Waals surface area (Å²) in [5.41, 5.74) is 2.90. The third kappa shape index (κ3) is 2.70. The molecule has 3 nitrogen and oxygen atoms in total. The van der Waals surface area contributed by atoms with E-state index in [9.17, 15) is 5.11 Å². The third-order valence-electron chi connectivity index (χ3n) is 2.53. The highest BCUT2D eigenvalue weighted by atomic mass is 16.6. The van der Waals surface area contributed by atoms with Crippen LogP contribution in [-0.4, -0.2) is 24.4 Å². The quantitative estimate of drug-likeness (QED) is 0.769. The molecule has 0 radical (unpaired) electrons. The molecule has 1 fully saturated rings. The molecule has 15 heavy (non-hydrogen) atoms. The Morgan fingerprint density at radius 2 is 2.00 bits per heavy atom. The molecule has 0 aliphatic carbocycles. The van der Waals surface area contributed by atoms with Crippen molar-refractivity contribution in [2.75, 3.05) is 13.2 Å². The van der Waals surface area contributed by atoms with Gasteiger partial charge in [0.15, 0.2) is 0 Å². The number of hydrogen-bond acceptors (Lipinski definition) is 3. The smallest absolute Gasteiger partial charge is 0.121 e. The Morgan fingerprint density at radius 3 is 2.53 bits per heavy atom. The number of phenols is 1. The molecule has 1 aromatic carbocycles. The fraction of sp³-hybridized carbons (Fsp3) is 0.500. The first-order chi connectivity index (χ1) is 7.16. The zero-order valence-corrected chi connectivity index (χ0v) is 9.12. The molecule has 1 N–H and O–H groups in total. The van der Waals surface area contributed by atoms with E-state index >= 15 is 0 Å². The second-order valence-electron chi connectivity index (χ2n) is 4.05. The Kier molecular flexibility index (Phi) is 2.93. The van der Waals surface area contributed by atoms with Crippen molar-refractivity contribution in [1.82, 2.24) is 0 Å². The summed E-state index contributed by atoms with van der Waals surface area (Å²) in [4.78, 5) is 0. The van der Waals surface area contributed by atoms with Crippen LogP contribution >= 0.6 is 0 Å². The summed E-state index contributed by atoms with van der Waals surface area (Å²) in [6, 6.07) is 3.91. The number of aryl methyl sites for hydroxylation is 2. The molecule has 1 saturated heterocycles. The minimum atomic E-state index is 0.310. The standard InChI is InChI=1S/C12H16O3/c1-8-3-10(4-9(2)12(8)13)5-14-6-11-7-15-11/h3-4,11,13H,5-7H2,1-2H3. The van der Waals surface area contributed by atoms with Crippen molar-refractivity contribution in [2.45, 2.75) is 26.6 Å². The van der Waals surface area contributed by atoms with Gasteiger partial charge in [-0.15, -0.1) is 0 Å². The first-order valence-electron chi connectivity index (χ1n) is 5.15. The van der Waals surface area contributed by atoms with Gasteiger partial charge in [0.05, 0.1) is 19.8 Å². The van der Waals surface area contributed by atoms with E-state index in [1.807, 2.05) is 26.0 Å². The van der Waals surface area contributed by atoms with Crippen molar-refractivity contribution in [3.8, 4) is 5.75 Å².